The Balaban J connectivity index is 0.912. The van der Waals surface area contributed by atoms with Crippen molar-refractivity contribution in [2.75, 3.05) is 0 Å². The molecule has 2 aliphatic rings. The third-order valence-corrected chi connectivity index (χ3v) is 13.0. The van der Waals surface area contributed by atoms with Crippen LogP contribution in [-0.2, 0) is 5.41 Å². The minimum Gasteiger partial charge on any atom is -0.455 e. The Bertz CT molecular complexity index is 3520. The van der Waals surface area contributed by atoms with E-state index >= 15 is 0 Å². The van der Waals surface area contributed by atoms with E-state index in [2.05, 4.69) is 170 Å². The minimum atomic E-state index is -0.389. The molecule has 2 aromatic heterocycles. The lowest BCUT2D eigenvalue weighted by Gasteiger charge is -2.30. The quantitative estimate of drug-likeness (QED) is 0.174. The van der Waals surface area contributed by atoms with Crippen molar-refractivity contribution in [2.24, 2.45) is 0 Å². The molecule has 0 fully saturated rings. The van der Waals surface area contributed by atoms with Crippen LogP contribution in [0.2, 0.25) is 0 Å². The predicted octanol–water partition coefficient (Wildman–Crippen LogP) is 14.4. The summed E-state index contributed by atoms with van der Waals surface area (Å²) in [5, 5.41) is 2.21. The van der Waals surface area contributed by atoms with Crippen molar-refractivity contribution in [3.8, 4) is 78.7 Å². The number of nitrogens with zero attached hydrogens (tertiary/aromatic N) is 3. The molecule has 13 rings (SSSR count). The molecule has 0 bridgehead atoms. The van der Waals surface area contributed by atoms with Gasteiger partial charge in [-0.05, 0) is 79.4 Å². The average Bonchev–Trinajstić information content (AvgIpc) is 3.98. The van der Waals surface area contributed by atoms with Gasteiger partial charge in [0.25, 0.3) is 0 Å². The number of hydrogen-bond donors (Lipinski definition) is 0. The van der Waals surface area contributed by atoms with Gasteiger partial charge in [0.2, 0.25) is 0 Å². The standard InChI is InChI=1S/C58H35N3O/c1-2-14-37(15-3-1)55-59-56(61-57(60-55)41-17-12-16-40(34-41)42-22-13-23-48-47-21-7-11-27-53(47)62-54(42)48)38-30-28-36(29-31-38)39-32-33-46-45-20-6-10-26-51(45)58(52(46)35-39)49-24-8-4-18-43(49)44-19-5-9-25-50(44)58/h1-35H. The van der Waals surface area contributed by atoms with Gasteiger partial charge in [0, 0.05) is 33.0 Å². The van der Waals surface area contributed by atoms with E-state index in [4.69, 9.17) is 19.4 Å². The molecule has 0 atom stereocenters. The lowest BCUT2D eigenvalue weighted by molar-refractivity contribution is 0.670. The fraction of sp³-hybridized carbons (Fsp3) is 0.0172. The second-order valence-corrected chi connectivity index (χ2v) is 16.3. The summed E-state index contributed by atoms with van der Waals surface area (Å²) in [7, 11) is 0. The van der Waals surface area contributed by atoms with E-state index in [0.29, 0.717) is 17.5 Å². The van der Waals surface area contributed by atoms with Gasteiger partial charge < -0.3 is 4.42 Å². The first-order chi connectivity index (χ1) is 30.7. The van der Waals surface area contributed by atoms with Gasteiger partial charge in [-0.2, -0.15) is 0 Å². The SMILES string of the molecule is c1ccc(-c2nc(-c3ccc(-c4ccc5c(c4)C4(c6ccccc6-c6ccccc64)c4ccccc4-5)cc3)nc(-c3cccc(-c4cccc5c4oc4ccccc45)c3)n2)cc1. The summed E-state index contributed by atoms with van der Waals surface area (Å²) >= 11 is 0. The fourth-order valence-electron chi connectivity index (χ4n) is 10.2. The molecule has 9 aromatic carbocycles. The van der Waals surface area contributed by atoms with Gasteiger partial charge in [0.1, 0.15) is 11.2 Å². The number of benzene rings is 9. The van der Waals surface area contributed by atoms with Crippen LogP contribution in [0.1, 0.15) is 22.3 Å². The van der Waals surface area contributed by atoms with E-state index in [1.807, 2.05) is 42.5 Å². The van der Waals surface area contributed by atoms with E-state index in [-0.39, 0.29) is 5.41 Å². The van der Waals surface area contributed by atoms with Crippen LogP contribution >= 0.6 is 0 Å². The van der Waals surface area contributed by atoms with Crippen molar-refractivity contribution < 1.29 is 4.42 Å². The van der Waals surface area contributed by atoms with Crippen molar-refractivity contribution in [3.63, 3.8) is 0 Å². The molecule has 0 saturated carbocycles. The zero-order chi connectivity index (χ0) is 40.8. The van der Waals surface area contributed by atoms with Crippen molar-refractivity contribution in [1.82, 2.24) is 15.0 Å². The number of para-hydroxylation sites is 2. The van der Waals surface area contributed by atoms with Crippen LogP contribution in [0.25, 0.3) is 101 Å². The smallest absolute Gasteiger partial charge is 0.164 e. The molecular formula is C58H35N3O. The molecule has 0 N–H and O–H groups in total. The molecule has 288 valence electrons. The maximum Gasteiger partial charge on any atom is 0.164 e. The number of fused-ring (bicyclic) bond motifs is 13. The third-order valence-electron chi connectivity index (χ3n) is 13.0. The Labute approximate surface area is 358 Å². The molecule has 2 heterocycles. The highest BCUT2D eigenvalue weighted by Crippen LogP contribution is 2.63. The van der Waals surface area contributed by atoms with Crippen LogP contribution in [0.4, 0.5) is 0 Å². The van der Waals surface area contributed by atoms with Gasteiger partial charge in [-0.25, -0.2) is 15.0 Å². The Morgan fingerprint density at radius 3 is 1.45 bits per heavy atom. The van der Waals surface area contributed by atoms with Gasteiger partial charge >= 0.3 is 0 Å². The van der Waals surface area contributed by atoms with E-state index in [9.17, 15) is 0 Å². The van der Waals surface area contributed by atoms with Gasteiger partial charge in [-0.3, -0.25) is 0 Å². The van der Waals surface area contributed by atoms with Crippen LogP contribution < -0.4 is 0 Å². The van der Waals surface area contributed by atoms with Crippen LogP contribution in [0.3, 0.4) is 0 Å². The van der Waals surface area contributed by atoms with Crippen LogP contribution in [-0.4, -0.2) is 15.0 Å². The first kappa shape index (κ1) is 34.6. The summed E-state index contributed by atoms with van der Waals surface area (Å²) < 4.78 is 6.43. The zero-order valence-electron chi connectivity index (χ0n) is 33.5. The maximum absolute atomic E-state index is 6.43. The Morgan fingerprint density at radius 1 is 0.290 bits per heavy atom. The molecule has 0 radical (unpaired) electrons. The summed E-state index contributed by atoms with van der Waals surface area (Å²) in [4.78, 5) is 15.3. The molecule has 0 saturated heterocycles. The largest absolute Gasteiger partial charge is 0.455 e. The van der Waals surface area contributed by atoms with E-state index < -0.39 is 0 Å². The van der Waals surface area contributed by atoms with Crippen molar-refractivity contribution in [1.29, 1.82) is 0 Å². The number of furan rings is 1. The monoisotopic (exact) mass is 789 g/mol. The van der Waals surface area contributed by atoms with E-state index in [1.165, 1.54) is 50.1 Å². The first-order valence-electron chi connectivity index (χ1n) is 21.1. The highest BCUT2D eigenvalue weighted by Gasteiger charge is 2.51. The van der Waals surface area contributed by atoms with Crippen molar-refractivity contribution >= 4 is 21.9 Å². The number of hydrogen-bond acceptors (Lipinski definition) is 4. The molecule has 0 aliphatic heterocycles. The molecule has 62 heavy (non-hydrogen) atoms. The molecule has 4 heteroatoms. The molecule has 4 nitrogen and oxygen atoms in total. The first-order valence-corrected chi connectivity index (χ1v) is 21.1. The Hall–Kier alpha value is -8.21. The summed E-state index contributed by atoms with van der Waals surface area (Å²) in [5.41, 5.74) is 19.0. The van der Waals surface area contributed by atoms with Crippen LogP contribution in [0.15, 0.2) is 217 Å². The second-order valence-electron chi connectivity index (χ2n) is 16.3. The summed E-state index contributed by atoms with van der Waals surface area (Å²) in [5.74, 6) is 1.85. The highest BCUT2D eigenvalue weighted by molar-refractivity contribution is 6.09. The van der Waals surface area contributed by atoms with Gasteiger partial charge in [0.15, 0.2) is 17.5 Å². The Morgan fingerprint density at radius 2 is 0.758 bits per heavy atom. The fourth-order valence-corrected chi connectivity index (χ4v) is 10.2. The van der Waals surface area contributed by atoms with E-state index in [1.54, 1.807) is 0 Å². The molecule has 0 unspecified atom stereocenters. The van der Waals surface area contributed by atoms with E-state index in [0.717, 1.165) is 55.3 Å². The highest BCUT2D eigenvalue weighted by atomic mass is 16.3. The molecule has 11 aromatic rings. The topological polar surface area (TPSA) is 51.8 Å². The lowest BCUT2D eigenvalue weighted by Crippen LogP contribution is -2.25. The molecule has 1 spiro atoms. The molecule has 0 amide bonds. The minimum absolute atomic E-state index is 0.389. The average molecular weight is 790 g/mol. The maximum atomic E-state index is 6.43. The van der Waals surface area contributed by atoms with Crippen molar-refractivity contribution in [2.45, 2.75) is 5.41 Å². The summed E-state index contributed by atoms with van der Waals surface area (Å²) in [6.45, 7) is 0. The lowest BCUT2D eigenvalue weighted by atomic mass is 9.70. The number of aromatic nitrogens is 3. The van der Waals surface area contributed by atoms with Crippen LogP contribution in [0, 0.1) is 0 Å². The van der Waals surface area contributed by atoms with Gasteiger partial charge in [-0.15, -0.1) is 0 Å². The van der Waals surface area contributed by atoms with Crippen molar-refractivity contribution in [3.05, 3.63) is 235 Å². The van der Waals surface area contributed by atoms with Gasteiger partial charge in [0.05, 0.1) is 5.41 Å². The normalized spacial score (nSPS) is 13.0. The second kappa shape index (κ2) is 13.4. The third kappa shape index (κ3) is 5.04. The number of rotatable bonds is 5. The molecular weight excluding hydrogens is 755 g/mol. The van der Waals surface area contributed by atoms with Gasteiger partial charge in [-0.1, -0.05) is 194 Å². The van der Waals surface area contributed by atoms with Crippen LogP contribution in [0.5, 0.6) is 0 Å². The predicted molar refractivity (Wildman–Crippen MR) is 251 cm³/mol. The molecule has 2 aliphatic carbocycles. The zero-order valence-corrected chi connectivity index (χ0v) is 33.5. The summed E-state index contributed by atoms with van der Waals surface area (Å²) in [6, 6.07) is 75.6. The summed E-state index contributed by atoms with van der Waals surface area (Å²) in [6.07, 6.45) is 0. The Kier molecular flexibility index (Phi) is 7.49.